The molecular formula is C69H112ClF3N12O13. The molecule has 2 saturated carbocycles. The second-order valence-electron chi connectivity index (χ2n) is 29.4. The summed E-state index contributed by atoms with van der Waals surface area (Å²) in [5, 5.41) is 7.50. The third-order valence-electron chi connectivity index (χ3n) is 21.6. The van der Waals surface area contributed by atoms with Gasteiger partial charge in [0.2, 0.25) is 70.9 Å². The first-order valence-corrected chi connectivity index (χ1v) is 36.1. The maximum atomic E-state index is 15.4. The van der Waals surface area contributed by atoms with Gasteiger partial charge in [-0.25, -0.2) is 0 Å². The Hall–Kier alpha value is -6.32. The first-order valence-electron chi connectivity index (χ1n) is 35.7. The van der Waals surface area contributed by atoms with Crippen LogP contribution in [0.4, 0.5) is 13.2 Å². The van der Waals surface area contributed by atoms with Crippen LogP contribution in [0.5, 0.6) is 0 Å². The van der Waals surface area contributed by atoms with E-state index in [-0.39, 0.29) is 102 Å². The zero-order valence-electron chi connectivity index (χ0n) is 60.4. The van der Waals surface area contributed by atoms with E-state index in [1.165, 1.54) is 78.6 Å². The largest absolute Gasteiger partial charge is 0.393 e. The number of likely N-dealkylation sites (tertiary alicyclic amines) is 1. The molecule has 25 nitrogen and oxygen atoms in total. The fourth-order valence-electron chi connectivity index (χ4n) is 15.0. The van der Waals surface area contributed by atoms with Crippen molar-refractivity contribution in [2.75, 3.05) is 88.2 Å². The van der Waals surface area contributed by atoms with Crippen LogP contribution in [-0.4, -0.2) is 275 Å². The number of ether oxygens (including phenoxy) is 1. The van der Waals surface area contributed by atoms with Crippen molar-refractivity contribution in [1.82, 2.24) is 60.0 Å². The third-order valence-corrected chi connectivity index (χ3v) is 22.1. The Kier molecular flexibility index (Phi) is 29.1. The van der Waals surface area contributed by atoms with Gasteiger partial charge in [0.1, 0.15) is 59.9 Å². The Bertz CT molecular complexity index is 2860. The van der Waals surface area contributed by atoms with E-state index in [2.05, 4.69) is 16.0 Å². The number of rotatable bonds is 13. The lowest BCUT2D eigenvalue weighted by Gasteiger charge is -2.45. The van der Waals surface area contributed by atoms with Gasteiger partial charge in [-0.2, -0.15) is 13.2 Å². The average Bonchev–Trinajstić information content (AvgIpc) is 0.932. The smallest absolute Gasteiger partial charge is 0.379 e. The standard InChI is InChI=1S/C69H112ClF3N12O13/c1-15-35-98-40-53-62(92)77(9)39-54(86)74-48(27-25-45-24-26-46(47(70)37-45)69(71,72)73)61(91)84-33-22-23-49(84)59(89)76-68(29-18-19-30-68)67(97)82(14)57(42(5)6)66(96)80(12)52(64(94)83-31-20-17-21-32-83)38-55(87)79(11)51(36-41(3)4)58(88)75-56(43(7)16-2)65(95)78(10)44(8)60(90)85-34-28-50(85)63(93)81(53)13/h41-53,56-57H,15-40H2,1-14H3,(H,74,86)(H,75,88)(H,76,89)/t43-,44-,45?,46?,47?,48-,49-,50-,51-,52-,53-,56-,57-/m0/s1. The summed E-state index contributed by atoms with van der Waals surface area (Å²) in [7, 11) is 8.42. The van der Waals surface area contributed by atoms with Crippen molar-refractivity contribution >= 4 is 82.5 Å². The molecule has 3 unspecified atom stereocenters. The average molecular weight is 1410 g/mol. The fourth-order valence-corrected chi connectivity index (χ4v) is 15.5. The van der Waals surface area contributed by atoms with Crippen LogP contribution >= 0.6 is 11.6 Å². The number of alkyl halides is 4. The van der Waals surface area contributed by atoms with Gasteiger partial charge in [0, 0.05) is 80.4 Å². The van der Waals surface area contributed by atoms with Crippen molar-refractivity contribution in [3.05, 3.63) is 0 Å². The maximum Gasteiger partial charge on any atom is 0.393 e. The number of carbonyl (C=O) groups excluding carboxylic acids is 12. The predicted molar refractivity (Wildman–Crippen MR) is 360 cm³/mol. The normalized spacial score (nSPS) is 30.2. The minimum Gasteiger partial charge on any atom is -0.379 e. The molecule has 6 aliphatic rings. The molecule has 98 heavy (non-hydrogen) atoms. The SMILES string of the molecule is CCCOC[C@H]1C(=O)N(C)CC(=O)N[C@@H](CCC2CCC(C(F)(F)F)C(Cl)C2)C(=O)N2CCC[C@H]2C(=O)NC2(CCCC2)C(=O)N(C)[C@@H](C(C)C)C(=O)N(C)[C@H](C(=O)N2CCCCC2)CC(=O)N(C)[C@@H](CC(C)C)C(=O)N[C@@H]([C@@H](C)CC)C(=O)N(C)[C@@H](C)C(=O)N2CC[C@H]2C(=O)N1C. The van der Waals surface area contributed by atoms with Gasteiger partial charge in [0.15, 0.2) is 0 Å². The highest BCUT2D eigenvalue weighted by atomic mass is 35.5. The van der Waals surface area contributed by atoms with Gasteiger partial charge in [0.05, 0.1) is 25.5 Å². The van der Waals surface area contributed by atoms with Crippen LogP contribution in [0.15, 0.2) is 0 Å². The molecule has 2 aliphatic carbocycles. The molecule has 4 heterocycles. The summed E-state index contributed by atoms with van der Waals surface area (Å²) < 4.78 is 47.8. The Morgan fingerprint density at radius 2 is 1.30 bits per heavy atom. The first kappa shape index (κ1) is 80.7. The fraction of sp³-hybridized carbons (Fsp3) is 0.826. The number of hydrogen-bond donors (Lipinski definition) is 3. The van der Waals surface area contributed by atoms with Gasteiger partial charge < -0.3 is 64.8 Å². The molecule has 12 amide bonds. The highest BCUT2D eigenvalue weighted by Gasteiger charge is 2.52. The lowest BCUT2D eigenvalue weighted by atomic mass is 9.78. The molecule has 4 saturated heterocycles. The third kappa shape index (κ3) is 19.2. The van der Waals surface area contributed by atoms with Crippen molar-refractivity contribution < 1.29 is 75.4 Å². The Balaban J connectivity index is 1.41. The minimum absolute atomic E-state index is 0.0137. The van der Waals surface area contributed by atoms with E-state index in [4.69, 9.17) is 16.3 Å². The second-order valence-corrected chi connectivity index (χ2v) is 29.9. The maximum absolute atomic E-state index is 15.4. The zero-order valence-corrected chi connectivity index (χ0v) is 61.1. The number of amides is 12. The number of likely N-dealkylation sites (N-methyl/N-ethyl adjacent to an activating group) is 6. The molecule has 1 spiro atoms. The lowest BCUT2D eigenvalue weighted by Crippen LogP contribution is -2.65. The van der Waals surface area contributed by atoms with Crippen molar-refractivity contribution in [1.29, 1.82) is 0 Å². The number of nitrogens with one attached hydrogen (secondary N) is 3. The number of halogens is 4. The van der Waals surface area contributed by atoms with Crippen LogP contribution in [0.3, 0.4) is 0 Å². The van der Waals surface area contributed by atoms with E-state index in [1.807, 2.05) is 27.7 Å². The molecule has 0 aromatic rings. The summed E-state index contributed by atoms with van der Waals surface area (Å²) in [6, 6.07) is -11.2. The number of nitrogens with zero attached hydrogens (tertiary/aromatic N) is 9. The molecule has 4 aliphatic heterocycles. The summed E-state index contributed by atoms with van der Waals surface area (Å²) in [6.07, 6.45) is 0.207. The van der Waals surface area contributed by atoms with Crippen molar-refractivity contribution in [3.63, 3.8) is 0 Å². The molecule has 0 aromatic carbocycles. The molecule has 0 radical (unpaired) electrons. The van der Waals surface area contributed by atoms with E-state index < -0.39 is 173 Å². The summed E-state index contributed by atoms with van der Waals surface area (Å²) in [6.45, 7) is 14.3. The number of piperidine rings is 1. The monoisotopic (exact) mass is 1410 g/mol. The van der Waals surface area contributed by atoms with E-state index >= 15 is 19.2 Å². The molecule has 6 fully saturated rings. The quantitative estimate of drug-likeness (QED) is 0.169. The minimum atomic E-state index is -4.52. The van der Waals surface area contributed by atoms with Gasteiger partial charge in [-0.3, -0.25) is 57.5 Å². The highest BCUT2D eigenvalue weighted by Crippen LogP contribution is 2.44. The van der Waals surface area contributed by atoms with E-state index in [0.29, 0.717) is 58.0 Å². The van der Waals surface area contributed by atoms with Crippen LogP contribution in [0, 0.1) is 29.6 Å². The molecular weight excluding hydrogens is 1300 g/mol. The lowest BCUT2D eigenvalue weighted by molar-refractivity contribution is -0.182. The summed E-state index contributed by atoms with van der Waals surface area (Å²) in [4.78, 5) is 190. The van der Waals surface area contributed by atoms with Crippen molar-refractivity contribution in [2.45, 2.75) is 249 Å². The van der Waals surface area contributed by atoms with Gasteiger partial charge in [-0.15, -0.1) is 11.6 Å². The molecule has 554 valence electrons. The predicted octanol–water partition coefficient (Wildman–Crippen LogP) is 4.55. The number of fused-ring (bicyclic) bond motifs is 2. The summed E-state index contributed by atoms with van der Waals surface area (Å²) in [5.41, 5.74) is -1.57. The van der Waals surface area contributed by atoms with Crippen molar-refractivity contribution in [3.8, 4) is 0 Å². The number of hydrogen-bond acceptors (Lipinski definition) is 13. The van der Waals surface area contributed by atoms with Gasteiger partial charge in [0.25, 0.3) is 0 Å². The van der Waals surface area contributed by atoms with Gasteiger partial charge >= 0.3 is 6.18 Å². The molecule has 3 N–H and O–H groups in total. The summed E-state index contributed by atoms with van der Waals surface area (Å²) in [5.74, 6) is -11.2. The first-order chi connectivity index (χ1) is 46.0. The van der Waals surface area contributed by atoms with Gasteiger partial charge in [-0.1, -0.05) is 67.7 Å². The Morgan fingerprint density at radius 1 is 0.653 bits per heavy atom. The van der Waals surface area contributed by atoms with Gasteiger partial charge in [-0.05, 0) is 127 Å². The van der Waals surface area contributed by atoms with Crippen LogP contribution in [0.1, 0.15) is 177 Å². The summed E-state index contributed by atoms with van der Waals surface area (Å²) >= 11 is 6.38. The zero-order chi connectivity index (χ0) is 73.0. The van der Waals surface area contributed by atoms with Crippen LogP contribution < -0.4 is 16.0 Å². The van der Waals surface area contributed by atoms with E-state index in [0.717, 1.165) is 16.2 Å². The highest BCUT2D eigenvalue weighted by molar-refractivity contribution is 6.21. The second kappa shape index (κ2) is 35.3. The van der Waals surface area contributed by atoms with E-state index in [1.54, 1.807) is 25.7 Å². The molecule has 0 aromatic heterocycles. The number of carbonyl (C=O) groups is 12. The van der Waals surface area contributed by atoms with Crippen LogP contribution in [-0.2, 0) is 62.3 Å². The van der Waals surface area contributed by atoms with Crippen molar-refractivity contribution in [2.24, 2.45) is 29.6 Å². The molecule has 13 atom stereocenters. The topological polar surface area (TPSA) is 279 Å². The Labute approximate surface area is 582 Å². The van der Waals surface area contributed by atoms with Crippen LogP contribution in [0.25, 0.3) is 0 Å². The Morgan fingerprint density at radius 3 is 1.87 bits per heavy atom. The molecule has 29 heteroatoms. The van der Waals surface area contributed by atoms with Crippen LogP contribution in [0.2, 0.25) is 0 Å². The molecule has 0 bridgehead atoms. The van der Waals surface area contributed by atoms with E-state index in [9.17, 15) is 51.5 Å². The molecule has 6 rings (SSSR count).